The molecule has 1 aromatic carbocycles. The Bertz CT molecular complexity index is 638. The number of ether oxygens (including phenoxy) is 2. The molecule has 1 aliphatic heterocycles. The summed E-state index contributed by atoms with van der Waals surface area (Å²) in [7, 11) is 1.67. The van der Waals surface area contributed by atoms with Gasteiger partial charge in [0.2, 0.25) is 0 Å². The van der Waals surface area contributed by atoms with Crippen LogP contribution in [0.2, 0.25) is 0 Å². The predicted molar refractivity (Wildman–Crippen MR) is 84.1 cm³/mol. The molecule has 3 unspecified atom stereocenters. The van der Waals surface area contributed by atoms with Crippen molar-refractivity contribution in [1.29, 1.82) is 0 Å². The summed E-state index contributed by atoms with van der Waals surface area (Å²) in [6.07, 6.45) is 1.38. The third-order valence-corrected chi connectivity index (χ3v) is 4.49. The first kappa shape index (κ1) is 14.7. The molecule has 3 atom stereocenters. The maximum absolute atomic E-state index is 6.33. The first-order valence-corrected chi connectivity index (χ1v) is 7.83. The van der Waals surface area contributed by atoms with Crippen molar-refractivity contribution in [3.05, 3.63) is 24.0 Å². The first-order valence-electron chi connectivity index (χ1n) is 7.40. The van der Waals surface area contributed by atoms with Gasteiger partial charge in [-0.2, -0.15) is 0 Å². The minimum absolute atomic E-state index is 0.124. The third-order valence-electron chi connectivity index (χ3n) is 4.29. The van der Waals surface area contributed by atoms with Crippen molar-refractivity contribution in [3.63, 3.8) is 0 Å². The molecule has 3 rings (SSSR count). The molecular weight excluding hydrogens is 288 g/mol. The zero-order valence-electron chi connectivity index (χ0n) is 12.7. The molecule has 0 saturated carbocycles. The second kappa shape index (κ2) is 5.85. The molecular formula is C16H21ClN2O2. The summed E-state index contributed by atoms with van der Waals surface area (Å²) in [4.78, 5) is 4.70. The van der Waals surface area contributed by atoms with Gasteiger partial charge < -0.3 is 14.0 Å². The van der Waals surface area contributed by atoms with Crippen molar-refractivity contribution in [2.45, 2.75) is 38.3 Å². The van der Waals surface area contributed by atoms with Crippen molar-refractivity contribution >= 4 is 22.6 Å². The average Bonchev–Trinajstić information content (AvgIpc) is 3.03. The lowest BCUT2D eigenvalue weighted by molar-refractivity contribution is 0.102. The zero-order valence-corrected chi connectivity index (χ0v) is 13.4. The van der Waals surface area contributed by atoms with Crippen molar-refractivity contribution in [2.24, 2.45) is 5.92 Å². The Hall–Kier alpha value is -1.26. The van der Waals surface area contributed by atoms with Gasteiger partial charge in [-0.05, 0) is 32.4 Å². The fourth-order valence-corrected chi connectivity index (χ4v) is 3.17. The number of halogens is 1. The summed E-state index contributed by atoms with van der Waals surface area (Å²) >= 11 is 6.33. The molecule has 4 nitrogen and oxygen atoms in total. The molecule has 0 aliphatic carbocycles. The van der Waals surface area contributed by atoms with E-state index in [-0.39, 0.29) is 5.38 Å². The van der Waals surface area contributed by atoms with Gasteiger partial charge in [-0.15, -0.1) is 11.6 Å². The van der Waals surface area contributed by atoms with Crippen LogP contribution in [0, 0.1) is 5.92 Å². The van der Waals surface area contributed by atoms with Crippen LogP contribution in [0.1, 0.15) is 31.5 Å². The summed E-state index contributed by atoms with van der Waals surface area (Å²) in [5.74, 6) is 2.25. The Balaban J connectivity index is 2.03. The van der Waals surface area contributed by atoms with Gasteiger partial charge in [0.1, 0.15) is 11.6 Å². The molecule has 1 fully saturated rings. The Morgan fingerprint density at radius 3 is 2.95 bits per heavy atom. The van der Waals surface area contributed by atoms with Gasteiger partial charge in [0.05, 0.1) is 29.6 Å². The Morgan fingerprint density at radius 1 is 1.52 bits per heavy atom. The van der Waals surface area contributed by atoms with Gasteiger partial charge in [-0.25, -0.2) is 4.98 Å². The fourth-order valence-electron chi connectivity index (χ4n) is 3.00. The number of benzene rings is 1. The van der Waals surface area contributed by atoms with E-state index in [1.807, 2.05) is 19.1 Å². The molecule has 21 heavy (non-hydrogen) atoms. The van der Waals surface area contributed by atoms with Gasteiger partial charge in [-0.3, -0.25) is 0 Å². The minimum Gasteiger partial charge on any atom is -0.497 e. The molecule has 0 amide bonds. The van der Waals surface area contributed by atoms with Crippen LogP contribution < -0.4 is 4.74 Å². The van der Waals surface area contributed by atoms with Crippen LogP contribution in [0.5, 0.6) is 5.75 Å². The highest BCUT2D eigenvalue weighted by Gasteiger charge is 2.27. The number of imidazole rings is 1. The highest BCUT2D eigenvalue weighted by Crippen LogP contribution is 2.30. The van der Waals surface area contributed by atoms with Gasteiger partial charge in [0.25, 0.3) is 0 Å². The van der Waals surface area contributed by atoms with Crippen LogP contribution in [0.4, 0.5) is 0 Å². The van der Waals surface area contributed by atoms with E-state index in [9.17, 15) is 0 Å². The van der Waals surface area contributed by atoms with Crippen molar-refractivity contribution < 1.29 is 9.47 Å². The highest BCUT2D eigenvalue weighted by atomic mass is 35.5. The van der Waals surface area contributed by atoms with Crippen molar-refractivity contribution in [3.8, 4) is 5.75 Å². The monoisotopic (exact) mass is 308 g/mol. The van der Waals surface area contributed by atoms with E-state index in [4.69, 9.17) is 26.1 Å². The summed E-state index contributed by atoms with van der Waals surface area (Å²) < 4.78 is 13.2. The number of aromatic nitrogens is 2. The minimum atomic E-state index is -0.124. The Labute approximate surface area is 130 Å². The number of fused-ring (bicyclic) bond motifs is 1. The lowest BCUT2D eigenvalue weighted by Gasteiger charge is -2.18. The predicted octanol–water partition coefficient (Wildman–Crippen LogP) is 3.77. The molecule has 2 heterocycles. The zero-order chi connectivity index (χ0) is 15.0. The van der Waals surface area contributed by atoms with Gasteiger partial charge in [-0.1, -0.05) is 0 Å². The average molecular weight is 309 g/mol. The first-order chi connectivity index (χ1) is 10.1. The van der Waals surface area contributed by atoms with Crippen LogP contribution in [0.25, 0.3) is 11.0 Å². The number of nitrogens with zero attached hydrogens (tertiary/aromatic N) is 2. The number of alkyl halides is 1. The third kappa shape index (κ3) is 2.74. The summed E-state index contributed by atoms with van der Waals surface area (Å²) in [5.41, 5.74) is 2.04. The Morgan fingerprint density at radius 2 is 2.33 bits per heavy atom. The largest absolute Gasteiger partial charge is 0.497 e. The molecule has 0 N–H and O–H groups in total. The van der Waals surface area contributed by atoms with E-state index >= 15 is 0 Å². The molecule has 114 valence electrons. The Kier molecular flexibility index (Phi) is 4.09. The van der Waals surface area contributed by atoms with E-state index in [0.717, 1.165) is 42.2 Å². The lowest BCUT2D eigenvalue weighted by atomic mass is 10.0. The van der Waals surface area contributed by atoms with E-state index in [2.05, 4.69) is 17.6 Å². The molecule has 0 bridgehead atoms. The topological polar surface area (TPSA) is 36.3 Å². The van der Waals surface area contributed by atoms with Crippen molar-refractivity contribution in [1.82, 2.24) is 9.55 Å². The normalized spacial score (nSPS) is 23.6. The van der Waals surface area contributed by atoms with Gasteiger partial charge >= 0.3 is 0 Å². The number of hydrogen-bond donors (Lipinski definition) is 0. The van der Waals surface area contributed by atoms with Crippen LogP contribution in [-0.2, 0) is 11.3 Å². The standard InChI is InChI=1S/C16H21ClN2O2/c1-10(17)16-18-14-8-13(20-3)4-5-15(14)19(16)9-12-6-7-21-11(12)2/h4-5,8,10-12H,6-7,9H2,1-3H3. The molecule has 0 spiro atoms. The summed E-state index contributed by atoms with van der Waals surface area (Å²) in [6.45, 7) is 5.85. The molecule has 5 heteroatoms. The van der Waals surface area contributed by atoms with E-state index in [1.54, 1.807) is 7.11 Å². The van der Waals surface area contributed by atoms with E-state index in [0.29, 0.717) is 12.0 Å². The van der Waals surface area contributed by atoms with Gasteiger partial charge in [0, 0.05) is 25.1 Å². The molecule has 1 aromatic heterocycles. The van der Waals surface area contributed by atoms with Crippen LogP contribution in [0.15, 0.2) is 18.2 Å². The maximum Gasteiger partial charge on any atom is 0.127 e. The number of methoxy groups -OCH3 is 1. The van der Waals surface area contributed by atoms with E-state index in [1.165, 1.54) is 0 Å². The molecule has 1 aliphatic rings. The van der Waals surface area contributed by atoms with Crippen LogP contribution >= 0.6 is 11.6 Å². The maximum atomic E-state index is 6.33. The number of rotatable bonds is 4. The summed E-state index contributed by atoms with van der Waals surface area (Å²) in [6, 6.07) is 5.99. The fraction of sp³-hybridized carbons (Fsp3) is 0.562. The van der Waals surface area contributed by atoms with E-state index < -0.39 is 0 Å². The second-order valence-corrected chi connectivity index (χ2v) is 6.33. The highest BCUT2D eigenvalue weighted by molar-refractivity contribution is 6.20. The van der Waals surface area contributed by atoms with Crippen molar-refractivity contribution in [2.75, 3.05) is 13.7 Å². The smallest absolute Gasteiger partial charge is 0.127 e. The second-order valence-electron chi connectivity index (χ2n) is 5.68. The van der Waals surface area contributed by atoms with Crippen LogP contribution in [-0.4, -0.2) is 29.4 Å². The quantitative estimate of drug-likeness (QED) is 0.807. The lowest BCUT2D eigenvalue weighted by Crippen LogP contribution is -2.19. The SMILES string of the molecule is COc1ccc2c(c1)nc(C(C)Cl)n2CC1CCOC1C. The molecule has 2 aromatic rings. The number of hydrogen-bond acceptors (Lipinski definition) is 3. The van der Waals surface area contributed by atoms with Crippen LogP contribution in [0.3, 0.4) is 0 Å². The molecule has 1 saturated heterocycles. The molecule has 0 radical (unpaired) electrons. The summed E-state index contributed by atoms with van der Waals surface area (Å²) in [5, 5.41) is -0.124. The van der Waals surface area contributed by atoms with Gasteiger partial charge in [0.15, 0.2) is 0 Å².